The van der Waals surface area contributed by atoms with E-state index < -0.39 is 6.04 Å². The number of nitrogens with zero attached hydrogens (tertiary/aromatic N) is 3. The number of carbonyl (C=O) groups is 1. The molecular weight excluding hydrogens is 440 g/mol. The van der Waals surface area contributed by atoms with Crippen LogP contribution in [0.3, 0.4) is 0 Å². The fraction of sp³-hybridized carbons (Fsp3) is 0.393. The smallest absolute Gasteiger partial charge is 0.322 e. The summed E-state index contributed by atoms with van der Waals surface area (Å²) in [6, 6.07) is 13.9. The third kappa shape index (κ3) is 4.60. The van der Waals surface area contributed by atoms with Crippen molar-refractivity contribution in [1.82, 2.24) is 20.4 Å². The topological polar surface area (TPSA) is 80.5 Å². The molecule has 2 aliphatic heterocycles. The van der Waals surface area contributed by atoms with Crippen LogP contribution in [0.25, 0.3) is 17.0 Å². The molecule has 2 atom stereocenters. The van der Waals surface area contributed by atoms with Crippen molar-refractivity contribution in [1.29, 1.82) is 0 Å². The number of amides is 2. The number of allylic oxidation sites excluding steroid dienone is 1. The summed E-state index contributed by atoms with van der Waals surface area (Å²) in [7, 11) is 0. The minimum atomic E-state index is -0.390. The van der Waals surface area contributed by atoms with Crippen LogP contribution in [0.5, 0.6) is 0 Å². The van der Waals surface area contributed by atoms with E-state index in [1.54, 1.807) is 4.90 Å². The van der Waals surface area contributed by atoms with E-state index >= 15 is 0 Å². The van der Waals surface area contributed by atoms with Crippen LogP contribution in [-0.2, 0) is 11.2 Å². The Labute approximate surface area is 206 Å². The molecule has 1 saturated heterocycles. The molecule has 1 fully saturated rings. The van der Waals surface area contributed by atoms with Gasteiger partial charge in [0.2, 0.25) is 5.82 Å². The summed E-state index contributed by atoms with van der Waals surface area (Å²) >= 11 is 0. The SMILES string of the molecule is CCc1ccc(-c2noc(C3=C(C)N(CC4CCCO4)C(=O)NC3c3ccc(C)c(C)c3)n2)cc1. The standard InChI is InChI=1S/C28H32N4O3/c1-5-20-9-12-21(13-10-20)26-30-27(35-31-26)24-19(4)32(16-23-7-6-14-34-23)28(33)29-25(24)22-11-8-17(2)18(3)15-22/h8-13,15,23,25H,5-7,14,16H2,1-4H3,(H,29,33). The summed E-state index contributed by atoms with van der Waals surface area (Å²) in [5, 5.41) is 7.47. The third-order valence-corrected chi connectivity index (χ3v) is 7.15. The summed E-state index contributed by atoms with van der Waals surface area (Å²) in [6.07, 6.45) is 2.98. The van der Waals surface area contributed by atoms with Crippen molar-refractivity contribution >= 4 is 11.6 Å². The zero-order chi connectivity index (χ0) is 24.5. The number of hydrogen-bond donors (Lipinski definition) is 1. The Morgan fingerprint density at radius 1 is 1.09 bits per heavy atom. The maximum absolute atomic E-state index is 13.3. The van der Waals surface area contributed by atoms with Crippen molar-refractivity contribution < 1.29 is 14.1 Å². The van der Waals surface area contributed by atoms with Crippen LogP contribution in [0.15, 0.2) is 52.7 Å². The Kier molecular flexibility index (Phi) is 6.43. The summed E-state index contributed by atoms with van der Waals surface area (Å²) < 4.78 is 11.6. The highest BCUT2D eigenvalue weighted by Crippen LogP contribution is 2.38. The summed E-state index contributed by atoms with van der Waals surface area (Å²) in [5.74, 6) is 0.946. The Hall–Kier alpha value is -3.45. The molecule has 0 radical (unpaired) electrons. The van der Waals surface area contributed by atoms with Crippen molar-refractivity contribution in [3.63, 3.8) is 0 Å². The summed E-state index contributed by atoms with van der Waals surface area (Å²) in [6.45, 7) is 9.48. The lowest BCUT2D eigenvalue weighted by atomic mass is 9.92. The fourth-order valence-electron chi connectivity index (χ4n) is 4.80. The fourth-order valence-corrected chi connectivity index (χ4v) is 4.80. The molecule has 2 aromatic carbocycles. The largest absolute Gasteiger partial charge is 0.376 e. The number of urea groups is 1. The van der Waals surface area contributed by atoms with E-state index in [2.05, 4.69) is 61.6 Å². The first-order chi connectivity index (χ1) is 16.9. The van der Waals surface area contributed by atoms with Gasteiger partial charge < -0.3 is 14.6 Å². The Morgan fingerprint density at radius 2 is 1.89 bits per heavy atom. The van der Waals surface area contributed by atoms with E-state index in [1.165, 1.54) is 11.1 Å². The minimum absolute atomic E-state index is 0.0328. The van der Waals surface area contributed by atoms with Gasteiger partial charge in [0.15, 0.2) is 0 Å². The highest BCUT2D eigenvalue weighted by molar-refractivity contribution is 5.87. The van der Waals surface area contributed by atoms with Gasteiger partial charge in [-0.3, -0.25) is 4.90 Å². The van der Waals surface area contributed by atoms with Crippen LogP contribution in [0.1, 0.15) is 60.9 Å². The van der Waals surface area contributed by atoms with Gasteiger partial charge in [0.25, 0.3) is 5.89 Å². The molecule has 3 aromatic rings. The van der Waals surface area contributed by atoms with Gasteiger partial charge in [-0.2, -0.15) is 4.98 Å². The minimum Gasteiger partial charge on any atom is -0.376 e. The molecule has 2 amide bonds. The van der Waals surface area contributed by atoms with Crippen LogP contribution in [-0.4, -0.2) is 40.3 Å². The third-order valence-electron chi connectivity index (χ3n) is 7.15. The molecule has 1 N–H and O–H groups in total. The first kappa shape index (κ1) is 23.3. The molecule has 182 valence electrons. The van der Waals surface area contributed by atoms with E-state index in [0.717, 1.165) is 53.8 Å². The first-order valence-corrected chi connectivity index (χ1v) is 12.4. The van der Waals surface area contributed by atoms with Gasteiger partial charge >= 0.3 is 6.03 Å². The number of rotatable bonds is 6. The lowest BCUT2D eigenvalue weighted by Crippen LogP contribution is -2.48. The molecule has 0 aliphatic carbocycles. The molecule has 2 aliphatic rings. The average Bonchev–Trinajstić information content (AvgIpc) is 3.56. The van der Waals surface area contributed by atoms with Crippen LogP contribution in [0.2, 0.25) is 0 Å². The van der Waals surface area contributed by atoms with Gasteiger partial charge in [0.1, 0.15) is 0 Å². The van der Waals surface area contributed by atoms with Crippen molar-refractivity contribution in [3.8, 4) is 11.4 Å². The van der Waals surface area contributed by atoms with Gasteiger partial charge in [-0.15, -0.1) is 0 Å². The van der Waals surface area contributed by atoms with Gasteiger partial charge in [0, 0.05) is 17.9 Å². The quantitative estimate of drug-likeness (QED) is 0.506. The van der Waals surface area contributed by atoms with Gasteiger partial charge in [-0.05, 0) is 62.3 Å². The highest BCUT2D eigenvalue weighted by atomic mass is 16.5. The number of nitrogens with one attached hydrogen (secondary N) is 1. The second-order valence-corrected chi connectivity index (χ2v) is 9.44. The van der Waals surface area contributed by atoms with Gasteiger partial charge in [-0.25, -0.2) is 4.79 Å². The molecule has 0 spiro atoms. The number of hydrogen-bond acceptors (Lipinski definition) is 5. The maximum Gasteiger partial charge on any atom is 0.322 e. The van der Waals surface area contributed by atoms with E-state index in [4.69, 9.17) is 14.2 Å². The highest BCUT2D eigenvalue weighted by Gasteiger charge is 2.37. The number of benzene rings is 2. The maximum atomic E-state index is 13.3. The monoisotopic (exact) mass is 472 g/mol. The number of ether oxygens (including phenoxy) is 1. The molecule has 0 saturated carbocycles. The number of carbonyl (C=O) groups excluding carboxylic acids is 1. The molecule has 7 nitrogen and oxygen atoms in total. The first-order valence-electron chi connectivity index (χ1n) is 12.4. The van der Waals surface area contributed by atoms with E-state index in [9.17, 15) is 4.79 Å². The van der Waals surface area contributed by atoms with Gasteiger partial charge in [-0.1, -0.05) is 54.5 Å². The normalized spacial score (nSPS) is 20.5. The second kappa shape index (κ2) is 9.66. The molecule has 2 unspecified atom stereocenters. The second-order valence-electron chi connectivity index (χ2n) is 9.44. The van der Waals surface area contributed by atoms with Crippen LogP contribution >= 0.6 is 0 Å². The van der Waals surface area contributed by atoms with Crippen LogP contribution in [0, 0.1) is 13.8 Å². The predicted molar refractivity (Wildman–Crippen MR) is 135 cm³/mol. The van der Waals surface area contributed by atoms with Crippen molar-refractivity contribution in [2.24, 2.45) is 0 Å². The lowest BCUT2D eigenvalue weighted by molar-refractivity contribution is 0.0877. The zero-order valence-corrected chi connectivity index (χ0v) is 20.8. The summed E-state index contributed by atoms with van der Waals surface area (Å²) in [5.41, 5.74) is 7.13. The number of aryl methyl sites for hydroxylation is 3. The molecule has 3 heterocycles. The predicted octanol–water partition coefficient (Wildman–Crippen LogP) is 5.59. The Morgan fingerprint density at radius 3 is 2.57 bits per heavy atom. The molecular formula is C28H32N4O3. The Balaban J connectivity index is 1.56. The average molecular weight is 473 g/mol. The Bertz CT molecular complexity index is 1260. The van der Waals surface area contributed by atoms with Crippen molar-refractivity contribution in [3.05, 3.63) is 76.3 Å². The van der Waals surface area contributed by atoms with Gasteiger partial charge in [0.05, 0.1) is 24.3 Å². The molecule has 7 heteroatoms. The number of aromatic nitrogens is 2. The van der Waals surface area contributed by atoms with Crippen molar-refractivity contribution in [2.75, 3.05) is 13.2 Å². The summed E-state index contributed by atoms with van der Waals surface area (Å²) in [4.78, 5) is 19.8. The van der Waals surface area contributed by atoms with E-state index in [0.29, 0.717) is 18.3 Å². The molecule has 35 heavy (non-hydrogen) atoms. The molecule has 5 rings (SSSR count). The lowest BCUT2D eigenvalue weighted by Gasteiger charge is -2.36. The zero-order valence-electron chi connectivity index (χ0n) is 20.8. The van der Waals surface area contributed by atoms with Crippen LogP contribution in [0.4, 0.5) is 4.79 Å². The van der Waals surface area contributed by atoms with E-state index in [1.807, 2.05) is 19.1 Å². The molecule has 1 aromatic heterocycles. The van der Waals surface area contributed by atoms with E-state index in [-0.39, 0.29) is 12.1 Å². The van der Waals surface area contributed by atoms with Crippen molar-refractivity contribution in [2.45, 2.75) is 59.1 Å². The van der Waals surface area contributed by atoms with Crippen LogP contribution < -0.4 is 5.32 Å². The molecule has 0 bridgehead atoms.